The molecule has 3 aromatic rings. The van der Waals surface area contributed by atoms with E-state index in [2.05, 4.69) is 10.3 Å². The highest BCUT2D eigenvalue weighted by molar-refractivity contribution is 5.98. The highest BCUT2D eigenvalue weighted by atomic mass is 19.4. The molecule has 5 rings (SSSR count). The lowest BCUT2D eigenvalue weighted by atomic mass is 9.80. The van der Waals surface area contributed by atoms with Gasteiger partial charge in [-0.15, -0.1) is 0 Å². The fourth-order valence-electron chi connectivity index (χ4n) is 6.15. The molecule has 0 bridgehead atoms. The Hall–Kier alpha value is -5.21. The van der Waals surface area contributed by atoms with Crippen molar-refractivity contribution in [3.63, 3.8) is 0 Å². The highest BCUT2D eigenvalue weighted by Gasteiger charge is 2.43. The van der Waals surface area contributed by atoms with Crippen molar-refractivity contribution in [1.82, 2.24) is 19.8 Å². The van der Waals surface area contributed by atoms with E-state index in [0.29, 0.717) is 49.6 Å². The maximum atomic E-state index is 14.2. The summed E-state index contributed by atoms with van der Waals surface area (Å²) in [5, 5.41) is 38.7. The average Bonchev–Trinajstić information content (AvgIpc) is 3.57. The summed E-state index contributed by atoms with van der Waals surface area (Å²) < 4.78 is 76.7. The van der Waals surface area contributed by atoms with Crippen molar-refractivity contribution < 1.29 is 75.4 Å². The lowest BCUT2D eigenvalue weighted by Crippen LogP contribution is -2.54. The number of para-hydroxylation sites is 1. The Balaban J connectivity index is 0.000000494. The van der Waals surface area contributed by atoms with E-state index in [0.717, 1.165) is 24.8 Å². The van der Waals surface area contributed by atoms with Crippen LogP contribution < -0.4 is 10.1 Å². The molecule has 1 saturated carbocycles. The average molecular weight is 791 g/mol. The molecule has 55 heavy (non-hydrogen) atoms. The number of rotatable bonds is 10. The number of imidazole rings is 1. The van der Waals surface area contributed by atoms with Crippen LogP contribution >= 0.6 is 0 Å². The van der Waals surface area contributed by atoms with Crippen molar-refractivity contribution in [2.75, 3.05) is 40.0 Å². The third-order valence-corrected chi connectivity index (χ3v) is 8.65. The number of carboxylic acid groups (broad SMARTS) is 3. The number of carbonyl (C=O) groups is 4. The number of nitrogens with one attached hydrogen (secondary N) is 1. The molecular weight excluding hydrogens is 750 g/mol. The minimum atomic E-state index is -5.08. The summed E-state index contributed by atoms with van der Waals surface area (Å²) >= 11 is 0. The number of aromatic carboxylic acids is 1. The Kier molecular flexibility index (Phi) is 15.6. The third-order valence-electron chi connectivity index (χ3n) is 8.65. The molecule has 0 spiro atoms. The molecular formula is C35H40F6N4O10. The summed E-state index contributed by atoms with van der Waals surface area (Å²) in [6, 6.07) is 15.8. The minimum Gasteiger partial charge on any atom is -0.493 e. The van der Waals surface area contributed by atoms with E-state index in [1.54, 1.807) is 31.6 Å². The predicted molar refractivity (Wildman–Crippen MR) is 181 cm³/mol. The summed E-state index contributed by atoms with van der Waals surface area (Å²) in [5.41, 5.74) is 0.959. The topological polar surface area (TPSA) is 201 Å². The first kappa shape index (κ1) is 44.2. The van der Waals surface area contributed by atoms with Crippen molar-refractivity contribution in [3.05, 3.63) is 72.2 Å². The summed E-state index contributed by atoms with van der Waals surface area (Å²) in [4.78, 5) is 50.0. The third kappa shape index (κ3) is 12.1. The number of benzene rings is 2. The monoisotopic (exact) mass is 790 g/mol. The first-order valence-corrected chi connectivity index (χ1v) is 16.7. The maximum Gasteiger partial charge on any atom is 0.490 e. The first-order valence-electron chi connectivity index (χ1n) is 16.7. The molecule has 0 radical (unpaired) electrons. The number of aliphatic hydroxyl groups is 1. The number of aliphatic carboxylic acids is 2. The fraction of sp³-hybridized carbons (Fsp3) is 0.457. The summed E-state index contributed by atoms with van der Waals surface area (Å²) in [7, 11) is 1.60. The molecule has 1 aromatic heterocycles. The van der Waals surface area contributed by atoms with Crippen LogP contribution in [0.3, 0.4) is 0 Å². The second-order valence-electron chi connectivity index (χ2n) is 12.4. The van der Waals surface area contributed by atoms with Gasteiger partial charge in [0.15, 0.2) is 5.69 Å². The van der Waals surface area contributed by atoms with E-state index < -0.39 is 35.9 Å². The van der Waals surface area contributed by atoms with Gasteiger partial charge in [0, 0.05) is 44.8 Å². The number of halogens is 6. The number of carbonyl (C=O) groups excluding carboxylic acids is 1. The van der Waals surface area contributed by atoms with E-state index >= 15 is 0 Å². The summed E-state index contributed by atoms with van der Waals surface area (Å²) in [6.45, 7) is 2.22. The van der Waals surface area contributed by atoms with E-state index in [9.17, 15) is 46.1 Å². The number of nitrogens with zero attached hydrogens (tertiary/aromatic N) is 3. The standard InChI is InChI=1S/C31H38N4O6.2C2HF3O2/c1-40-20-31(39)15-8-7-13-26(31)35-21-33-27(28(35)22-9-3-2-4-10-22)29(36)34-17-16-32-19-23(34)14-18-41-25-12-6-5-11-24(25)30(37)38;2*3-2(4,5)1(6)7/h2-6,9-12,21,23,26,32,39H,7-8,13-20H2,1H3,(H,37,38);2*(H,6,7)/t23-,26-,31-;;/m1../s1. The Labute approximate surface area is 310 Å². The lowest BCUT2D eigenvalue weighted by molar-refractivity contribution is -0.193. The number of amides is 1. The molecule has 1 saturated heterocycles. The molecule has 1 aliphatic heterocycles. The Morgan fingerprint density at radius 1 is 0.927 bits per heavy atom. The molecule has 2 aromatic carbocycles. The zero-order valence-electron chi connectivity index (χ0n) is 29.3. The second-order valence-corrected chi connectivity index (χ2v) is 12.4. The van der Waals surface area contributed by atoms with Crippen molar-refractivity contribution in [1.29, 1.82) is 0 Å². The summed E-state index contributed by atoms with van der Waals surface area (Å²) in [5.74, 6) is -6.43. The number of methoxy groups -OCH3 is 1. The number of ether oxygens (including phenoxy) is 2. The van der Waals surface area contributed by atoms with Gasteiger partial charge in [-0.05, 0) is 25.0 Å². The molecule has 5 N–H and O–H groups in total. The largest absolute Gasteiger partial charge is 0.493 e. The van der Waals surface area contributed by atoms with Crippen LogP contribution in [0.15, 0.2) is 60.9 Å². The van der Waals surface area contributed by atoms with Crippen LogP contribution in [0.5, 0.6) is 5.75 Å². The van der Waals surface area contributed by atoms with Gasteiger partial charge in [0.05, 0.1) is 31.3 Å². The molecule has 1 aliphatic carbocycles. The van der Waals surface area contributed by atoms with Crippen LogP contribution in [0.4, 0.5) is 26.3 Å². The molecule has 14 nitrogen and oxygen atoms in total. The van der Waals surface area contributed by atoms with Crippen molar-refractivity contribution in [2.45, 2.75) is 62.1 Å². The van der Waals surface area contributed by atoms with Gasteiger partial charge in [0.1, 0.15) is 16.9 Å². The molecule has 3 atom stereocenters. The smallest absolute Gasteiger partial charge is 0.490 e. The Morgan fingerprint density at radius 3 is 2.11 bits per heavy atom. The van der Waals surface area contributed by atoms with Crippen molar-refractivity contribution in [2.24, 2.45) is 0 Å². The number of piperazine rings is 1. The maximum absolute atomic E-state index is 14.2. The molecule has 2 fully saturated rings. The van der Waals surface area contributed by atoms with Gasteiger partial charge in [0.25, 0.3) is 5.91 Å². The van der Waals surface area contributed by atoms with Gasteiger partial charge in [-0.1, -0.05) is 55.3 Å². The Bertz CT molecular complexity index is 1730. The zero-order valence-corrected chi connectivity index (χ0v) is 29.3. The molecule has 2 aliphatic rings. The first-order chi connectivity index (χ1) is 25.8. The van der Waals surface area contributed by atoms with E-state index in [1.807, 2.05) is 39.8 Å². The van der Waals surface area contributed by atoms with Gasteiger partial charge >= 0.3 is 30.3 Å². The van der Waals surface area contributed by atoms with Crippen LogP contribution in [-0.2, 0) is 14.3 Å². The quantitative estimate of drug-likeness (QED) is 0.175. The number of hydrogen-bond acceptors (Lipinski definition) is 9. The summed E-state index contributed by atoms with van der Waals surface area (Å²) in [6.07, 6.45) is -4.70. The minimum absolute atomic E-state index is 0.108. The number of aromatic nitrogens is 2. The molecule has 2 heterocycles. The van der Waals surface area contributed by atoms with E-state index in [1.165, 1.54) is 6.07 Å². The van der Waals surface area contributed by atoms with E-state index in [4.69, 9.17) is 29.3 Å². The SMILES string of the molecule is COC[C@]1(O)CCCC[C@H]1n1cnc(C(=O)N2CCNC[C@H]2CCOc2ccccc2C(=O)O)c1-c1ccccc1.O=C(O)C(F)(F)F.O=C(O)C(F)(F)F. The highest BCUT2D eigenvalue weighted by Crippen LogP contribution is 2.41. The number of alkyl halides is 6. The van der Waals surface area contributed by atoms with Crippen LogP contribution in [0.25, 0.3) is 11.3 Å². The fourth-order valence-corrected chi connectivity index (χ4v) is 6.15. The molecule has 0 unspecified atom stereocenters. The van der Waals surface area contributed by atoms with Crippen LogP contribution in [-0.4, -0.2) is 123 Å². The van der Waals surface area contributed by atoms with Crippen LogP contribution in [0.2, 0.25) is 0 Å². The second kappa shape index (κ2) is 19.4. The van der Waals surface area contributed by atoms with Gasteiger partial charge in [-0.25, -0.2) is 19.4 Å². The molecule has 1 amide bonds. The predicted octanol–water partition coefficient (Wildman–Crippen LogP) is 4.89. The normalized spacial score (nSPS) is 19.9. The number of hydrogen-bond donors (Lipinski definition) is 5. The lowest BCUT2D eigenvalue weighted by Gasteiger charge is -2.41. The van der Waals surface area contributed by atoms with Gasteiger partial charge in [0.2, 0.25) is 0 Å². The van der Waals surface area contributed by atoms with Gasteiger partial charge in [-0.2, -0.15) is 26.3 Å². The molecule has 20 heteroatoms. The van der Waals surface area contributed by atoms with Gasteiger partial charge in [-0.3, -0.25) is 4.79 Å². The van der Waals surface area contributed by atoms with Crippen molar-refractivity contribution >= 4 is 23.8 Å². The van der Waals surface area contributed by atoms with Gasteiger partial charge < -0.3 is 44.7 Å². The van der Waals surface area contributed by atoms with Crippen LogP contribution in [0, 0.1) is 0 Å². The number of carboxylic acids is 3. The molecule has 302 valence electrons. The van der Waals surface area contributed by atoms with E-state index in [-0.39, 0.29) is 36.8 Å². The van der Waals surface area contributed by atoms with Crippen molar-refractivity contribution in [3.8, 4) is 17.0 Å². The Morgan fingerprint density at radius 2 is 1.53 bits per heavy atom. The zero-order chi connectivity index (χ0) is 41.0. The van der Waals surface area contributed by atoms with Crippen LogP contribution in [0.1, 0.15) is 59.0 Å².